The van der Waals surface area contributed by atoms with Crippen LogP contribution >= 0.6 is 0 Å². The zero-order chi connectivity index (χ0) is 12.3. The van der Waals surface area contributed by atoms with Gasteiger partial charge in [0.2, 0.25) is 0 Å². The second-order valence-electron chi connectivity index (χ2n) is 4.04. The molecular formula is C12H19NO2S. The van der Waals surface area contributed by atoms with Crippen molar-refractivity contribution in [2.75, 3.05) is 5.75 Å². The summed E-state index contributed by atoms with van der Waals surface area (Å²) in [5.74, 6) is 0.133. The van der Waals surface area contributed by atoms with E-state index >= 15 is 0 Å². The molecular weight excluding hydrogens is 222 g/mol. The summed E-state index contributed by atoms with van der Waals surface area (Å²) in [7, 11) is -3.09. The first kappa shape index (κ1) is 13.2. The van der Waals surface area contributed by atoms with E-state index in [0.29, 0.717) is 0 Å². The number of rotatable bonds is 4. The zero-order valence-corrected chi connectivity index (χ0v) is 10.8. The Bertz CT molecular complexity index is 454. The number of benzene rings is 1. The lowest BCUT2D eigenvalue weighted by Gasteiger charge is -2.21. The smallest absolute Gasteiger partial charge is 0.154 e. The maximum atomic E-state index is 11.7. The van der Waals surface area contributed by atoms with Gasteiger partial charge in [-0.1, -0.05) is 31.2 Å². The van der Waals surface area contributed by atoms with Crippen molar-refractivity contribution in [1.29, 1.82) is 0 Å². The van der Waals surface area contributed by atoms with Crippen molar-refractivity contribution in [3.8, 4) is 0 Å². The fourth-order valence-corrected chi connectivity index (χ4v) is 2.82. The molecule has 0 unspecified atom stereocenters. The van der Waals surface area contributed by atoms with Gasteiger partial charge in [-0.2, -0.15) is 0 Å². The van der Waals surface area contributed by atoms with Crippen LogP contribution in [0.15, 0.2) is 24.3 Å². The molecule has 0 spiro atoms. The Hall–Kier alpha value is -0.870. The van der Waals surface area contributed by atoms with Gasteiger partial charge < -0.3 is 5.73 Å². The van der Waals surface area contributed by atoms with E-state index in [1.165, 1.54) is 0 Å². The monoisotopic (exact) mass is 241 g/mol. The average molecular weight is 241 g/mol. The van der Waals surface area contributed by atoms with Crippen molar-refractivity contribution >= 4 is 9.84 Å². The molecule has 0 fully saturated rings. The maximum absolute atomic E-state index is 11.7. The summed E-state index contributed by atoms with van der Waals surface area (Å²) in [6.07, 6.45) is 0. The third-order valence-electron chi connectivity index (χ3n) is 3.02. The number of sulfone groups is 1. The van der Waals surface area contributed by atoms with Crippen LogP contribution in [0.25, 0.3) is 0 Å². The molecule has 1 aromatic carbocycles. The van der Waals surface area contributed by atoms with E-state index in [9.17, 15) is 8.42 Å². The predicted octanol–water partition coefficient (Wildman–Crippen LogP) is 1.82. The van der Waals surface area contributed by atoms with E-state index < -0.39 is 21.1 Å². The number of hydrogen-bond donors (Lipinski definition) is 1. The highest BCUT2D eigenvalue weighted by Crippen LogP contribution is 2.22. The summed E-state index contributed by atoms with van der Waals surface area (Å²) in [6.45, 7) is 5.27. The van der Waals surface area contributed by atoms with Crippen molar-refractivity contribution in [3.05, 3.63) is 35.4 Å². The summed E-state index contributed by atoms with van der Waals surface area (Å²) in [6, 6.07) is 7.19. The molecule has 2 atom stereocenters. The Labute approximate surface area is 97.6 Å². The maximum Gasteiger partial charge on any atom is 0.154 e. The molecule has 2 N–H and O–H groups in total. The van der Waals surface area contributed by atoms with Gasteiger partial charge in [-0.25, -0.2) is 8.42 Å². The first-order valence-electron chi connectivity index (χ1n) is 5.42. The lowest BCUT2D eigenvalue weighted by molar-refractivity contribution is 0.565. The van der Waals surface area contributed by atoms with Crippen molar-refractivity contribution in [2.45, 2.75) is 32.1 Å². The van der Waals surface area contributed by atoms with Gasteiger partial charge in [-0.15, -0.1) is 0 Å². The molecule has 90 valence electrons. The minimum atomic E-state index is -3.09. The van der Waals surface area contributed by atoms with Crippen LogP contribution in [0.1, 0.15) is 31.0 Å². The summed E-state index contributed by atoms with van der Waals surface area (Å²) in [4.78, 5) is 0. The van der Waals surface area contributed by atoms with Crippen molar-refractivity contribution < 1.29 is 8.42 Å². The van der Waals surface area contributed by atoms with Gasteiger partial charge in [0.05, 0.1) is 5.25 Å². The normalized spacial score (nSPS) is 15.8. The van der Waals surface area contributed by atoms with Gasteiger partial charge in [0.15, 0.2) is 9.84 Å². The van der Waals surface area contributed by atoms with Crippen molar-refractivity contribution in [2.24, 2.45) is 5.73 Å². The van der Waals surface area contributed by atoms with E-state index in [0.717, 1.165) is 11.1 Å². The summed E-state index contributed by atoms with van der Waals surface area (Å²) >= 11 is 0. The highest BCUT2D eigenvalue weighted by molar-refractivity contribution is 7.92. The van der Waals surface area contributed by atoms with E-state index in [4.69, 9.17) is 5.73 Å². The second-order valence-corrected chi connectivity index (χ2v) is 6.69. The highest BCUT2D eigenvalue weighted by Gasteiger charge is 2.26. The van der Waals surface area contributed by atoms with Crippen LogP contribution in [0.3, 0.4) is 0 Å². The molecule has 0 aliphatic rings. The number of nitrogens with two attached hydrogens (primary N) is 1. The van der Waals surface area contributed by atoms with Crippen LogP contribution < -0.4 is 5.73 Å². The second kappa shape index (κ2) is 4.97. The van der Waals surface area contributed by atoms with E-state index in [1.807, 2.05) is 31.2 Å². The third-order valence-corrected chi connectivity index (χ3v) is 5.25. The molecule has 0 saturated heterocycles. The van der Waals surface area contributed by atoms with Gasteiger partial charge in [0, 0.05) is 11.8 Å². The van der Waals surface area contributed by atoms with Gasteiger partial charge in [-0.3, -0.25) is 0 Å². The van der Waals surface area contributed by atoms with Crippen LogP contribution in [0, 0.1) is 6.92 Å². The fourth-order valence-electron chi connectivity index (χ4n) is 1.70. The zero-order valence-electron chi connectivity index (χ0n) is 9.97. The molecule has 0 aromatic heterocycles. The lowest BCUT2D eigenvalue weighted by Crippen LogP contribution is -2.32. The fraction of sp³-hybridized carbons (Fsp3) is 0.500. The van der Waals surface area contributed by atoms with E-state index in [1.54, 1.807) is 13.8 Å². The quantitative estimate of drug-likeness (QED) is 0.874. The van der Waals surface area contributed by atoms with E-state index in [2.05, 4.69) is 0 Å². The molecule has 0 radical (unpaired) electrons. The van der Waals surface area contributed by atoms with Crippen LogP contribution in [0.5, 0.6) is 0 Å². The van der Waals surface area contributed by atoms with Gasteiger partial charge in [0.1, 0.15) is 0 Å². The molecule has 16 heavy (non-hydrogen) atoms. The Morgan fingerprint density at radius 1 is 1.31 bits per heavy atom. The molecule has 1 aromatic rings. The molecule has 0 heterocycles. The first-order valence-corrected chi connectivity index (χ1v) is 7.14. The standard InChI is InChI=1S/C12H19NO2S/c1-4-16(14,15)10(3)12(13)11-8-6-5-7-9(11)2/h5-8,10,12H,4,13H2,1-3H3/t10-,12+/m1/s1. The Kier molecular flexibility index (Phi) is 4.10. The molecule has 1 rings (SSSR count). The Morgan fingerprint density at radius 3 is 2.38 bits per heavy atom. The molecule has 0 aliphatic carbocycles. The van der Waals surface area contributed by atoms with Crippen LogP contribution in [0.2, 0.25) is 0 Å². The van der Waals surface area contributed by atoms with Gasteiger partial charge in [-0.05, 0) is 25.0 Å². The average Bonchev–Trinajstić information content (AvgIpc) is 2.27. The summed E-state index contributed by atoms with van der Waals surface area (Å²) in [5.41, 5.74) is 7.97. The van der Waals surface area contributed by atoms with Crippen LogP contribution in [-0.2, 0) is 9.84 Å². The van der Waals surface area contributed by atoms with Crippen molar-refractivity contribution in [3.63, 3.8) is 0 Å². The SMILES string of the molecule is CCS(=O)(=O)[C@H](C)[C@H](N)c1ccccc1C. The third kappa shape index (κ3) is 2.62. The lowest BCUT2D eigenvalue weighted by atomic mass is 10.0. The van der Waals surface area contributed by atoms with E-state index in [-0.39, 0.29) is 5.75 Å². The minimum Gasteiger partial charge on any atom is -0.323 e. The number of aryl methyl sites for hydroxylation is 1. The van der Waals surface area contributed by atoms with Crippen LogP contribution in [-0.4, -0.2) is 19.4 Å². The topological polar surface area (TPSA) is 60.2 Å². The Balaban J connectivity index is 3.04. The first-order chi connectivity index (χ1) is 7.40. The molecule has 3 nitrogen and oxygen atoms in total. The predicted molar refractivity (Wildman–Crippen MR) is 67.0 cm³/mol. The molecule has 0 saturated carbocycles. The molecule has 0 aliphatic heterocycles. The Morgan fingerprint density at radius 2 is 1.88 bits per heavy atom. The minimum absolute atomic E-state index is 0.133. The molecule has 4 heteroatoms. The highest BCUT2D eigenvalue weighted by atomic mass is 32.2. The van der Waals surface area contributed by atoms with Crippen LogP contribution in [0.4, 0.5) is 0 Å². The molecule has 0 bridgehead atoms. The summed E-state index contributed by atoms with van der Waals surface area (Å²) < 4.78 is 23.5. The van der Waals surface area contributed by atoms with Gasteiger partial charge >= 0.3 is 0 Å². The van der Waals surface area contributed by atoms with Crippen molar-refractivity contribution in [1.82, 2.24) is 0 Å². The summed E-state index contributed by atoms with van der Waals surface area (Å²) in [5, 5.41) is -0.543. The number of hydrogen-bond acceptors (Lipinski definition) is 3. The van der Waals surface area contributed by atoms with Gasteiger partial charge in [0.25, 0.3) is 0 Å². The molecule has 0 amide bonds. The largest absolute Gasteiger partial charge is 0.323 e.